The molecule has 0 unspecified atom stereocenters. The van der Waals surface area contributed by atoms with Crippen molar-refractivity contribution in [1.29, 1.82) is 0 Å². The van der Waals surface area contributed by atoms with Gasteiger partial charge in [-0.05, 0) is 19.9 Å². The van der Waals surface area contributed by atoms with Crippen LogP contribution in [-0.2, 0) is 16.0 Å². The average Bonchev–Trinajstić information content (AvgIpc) is 3.09. The van der Waals surface area contributed by atoms with Crippen LogP contribution in [-0.4, -0.2) is 63.2 Å². The summed E-state index contributed by atoms with van der Waals surface area (Å²) < 4.78 is 5.42. The fourth-order valence-corrected chi connectivity index (χ4v) is 3.84. The Morgan fingerprint density at radius 2 is 2.26 bits per heavy atom. The molecule has 0 saturated carbocycles. The zero-order valence-corrected chi connectivity index (χ0v) is 16.2. The second-order valence-electron chi connectivity index (χ2n) is 6.80. The van der Waals surface area contributed by atoms with E-state index < -0.39 is 0 Å². The molecule has 0 spiro atoms. The van der Waals surface area contributed by atoms with Crippen LogP contribution in [0, 0.1) is 6.92 Å². The summed E-state index contributed by atoms with van der Waals surface area (Å²) in [6, 6.07) is 6.21. The van der Waals surface area contributed by atoms with E-state index in [4.69, 9.17) is 4.74 Å². The number of ketones is 1. The maximum Gasteiger partial charge on any atom is 0.154 e. The van der Waals surface area contributed by atoms with Crippen LogP contribution < -0.4 is 0 Å². The third kappa shape index (κ3) is 4.18. The molecule has 8 heteroatoms. The van der Waals surface area contributed by atoms with Crippen LogP contribution in [0.5, 0.6) is 0 Å². The van der Waals surface area contributed by atoms with Crippen molar-refractivity contribution >= 4 is 28.0 Å². The lowest BCUT2D eigenvalue weighted by atomic mass is 10.1. The van der Waals surface area contributed by atoms with Gasteiger partial charge in [-0.15, -0.1) is 10.2 Å². The Balaban J connectivity index is 1.51. The van der Waals surface area contributed by atoms with E-state index in [1.165, 1.54) is 0 Å². The lowest BCUT2D eigenvalue weighted by Crippen LogP contribution is -2.46. The number of benzene rings is 1. The molecule has 7 nitrogen and oxygen atoms in total. The molecule has 2 aromatic heterocycles. The second kappa shape index (κ2) is 7.75. The van der Waals surface area contributed by atoms with E-state index in [0.717, 1.165) is 33.0 Å². The molecule has 1 aliphatic rings. The van der Waals surface area contributed by atoms with E-state index >= 15 is 0 Å². The maximum atomic E-state index is 12.5. The van der Waals surface area contributed by atoms with Gasteiger partial charge in [-0.3, -0.25) is 9.69 Å². The highest BCUT2D eigenvalue weighted by Gasteiger charge is 2.21. The molecule has 0 radical (unpaired) electrons. The highest BCUT2D eigenvalue weighted by atomic mass is 32.1. The number of nitrogens with zero attached hydrogens (tertiary/aromatic N) is 5. The average molecular weight is 383 g/mol. The monoisotopic (exact) mass is 383 g/mol. The Morgan fingerprint density at radius 3 is 3.04 bits per heavy atom. The molecule has 3 heterocycles. The number of morpholine rings is 1. The van der Waals surface area contributed by atoms with Crippen molar-refractivity contribution in [1.82, 2.24) is 25.1 Å². The summed E-state index contributed by atoms with van der Waals surface area (Å²) in [7, 11) is 0. The van der Waals surface area contributed by atoms with Crippen LogP contribution >= 0.6 is 11.3 Å². The molecule has 1 fully saturated rings. The second-order valence-corrected chi connectivity index (χ2v) is 7.98. The van der Waals surface area contributed by atoms with Crippen LogP contribution in [0.25, 0.3) is 21.5 Å². The van der Waals surface area contributed by atoms with Gasteiger partial charge in [0.2, 0.25) is 0 Å². The Bertz CT molecular complexity index is 974. The zero-order chi connectivity index (χ0) is 18.8. The summed E-state index contributed by atoms with van der Waals surface area (Å²) in [5, 5.41) is 11.0. The van der Waals surface area contributed by atoms with E-state index in [9.17, 15) is 4.79 Å². The first-order valence-corrected chi connectivity index (χ1v) is 9.80. The number of carbonyl (C=O) groups is 1. The molecule has 1 atom stereocenters. The van der Waals surface area contributed by atoms with E-state index in [2.05, 4.69) is 32.0 Å². The molecule has 3 aromatic rings. The summed E-state index contributed by atoms with van der Waals surface area (Å²) in [6.07, 6.45) is 2.01. The van der Waals surface area contributed by atoms with Crippen molar-refractivity contribution in [3.05, 3.63) is 35.2 Å². The third-order valence-electron chi connectivity index (χ3n) is 4.65. The Labute approximate surface area is 161 Å². The summed E-state index contributed by atoms with van der Waals surface area (Å²) >= 11 is 1.55. The first kappa shape index (κ1) is 18.1. The van der Waals surface area contributed by atoms with E-state index in [1.54, 1.807) is 17.5 Å². The molecule has 0 aliphatic carbocycles. The van der Waals surface area contributed by atoms with Gasteiger partial charge in [0, 0.05) is 29.7 Å². The Morgan fingerprint density at radius 1 is 1.37 bits per heavy atom. The van der Waals surface area contributed by atoms with Gasteiger partial charge in [0.15, 0.2) is 5.78 Å². The maximum absolute atomic E-state index is 12.5. The van der Waals surface area contributed by atoms with Gasteiger partial charge in [0.25, 0.3) is 0 Å². The first-order chi connectivity index (χ1) is 13.1. The Hall–Kier alpha value is -2.29. The predicted octanol–water partition coefficient (Wildman–Crippen LogP) is 2.29. The number of fused-ring (bicyclic) bond motifs is 1. The number of aryl methyl sites for hydroxylation is 1. The van der Waals surface area contributed by atoms with Gasteiger partial charge >= 0.3 is 0 Å². The van der Waals surface area contributed by atoms with Gasteiger partial charge in [-0.25, -0.2) is 9.97 Å². The number of aromatic nitrogens is 4. The molecule has 0 bridgehead atoms. The third-order valence-corrected chi connectivity index (χ3v) is 5.53. The number of Topliss-reactive ketones (excluding diaryl/α,β-unsaturated/α-hetero) is 1. The van der Waals surface area contributed by atoms with E-state index in [0.29, 0.717) is 25.6 Å². The van der Waals surface area contributed by atoms with Gasteiger partial charge in [-0.2, -0.15) is 0 Å². The van der Waals surface area contributed by atoms with Crippen LogP contribution in [0.15, 0.2) is 24.4 Å². The van der Waals surface area contributed by atoms with Crippen LogP contribution in [0.1, 0.15) is 17.8 Å². The minimum absolute atomic E-state index is 0.124. The molecular formula is C19H21N5O2S. The van der Waals surface area contributed by atoms with Gasteiger partial charge < -0.3 is 4.74 Å². The molecular weight excluding hydrogens is 362 g/mol. The molecule has 1 aliphatic heterocycles. The summed E-state index contributed by atoms with van der Waals surface area (Å²) in [4.78, 5) is 23.6. The summed E-state index contributed by atoms with van der Waals surface area (Å²) in [5.74, 6) is 0.679. The normalized spacial score (nSPS) is 18.1. The quantitative estimate of drug-likeness (QED) is 0.668. The van der Waals surface area contributed by atoms with Gasteiger partial charge in [0.1, 0.15) is 15.8 Å². The first-order valence-electron chi connectivity index (χ1n) is 8.98. The highest BCUT2D eigenvalue weighted by Crippen LogP contribution is 2.25. The molecule has 4 rings (SSSR count). The summed E-state index contributed by atoms with van der Waals surface area (Å²) in [6.45, 7) is 6.57. The SMILES string of the molecule is Cc1nnc(-c2ccc3cnc(CC(=O)CN4CCOC[C@H]4C)nc3c2)s1. The molecule has 1 aromatic carbocycles. The standard InChI is InChI=1S/C19H21N5O2S/c1-12-11-26-6-5-24(12)10-16(25)8-18-20-9-15-4-3-14(7-17(15)21-18)19-23-22-13(2)27-19/h3-4,7,9,12H,5-6,8,10-11H2,1-2H3/t12-/m1/s1. The minimum atomic E-state index is 0.124. The van der Waals surface area contributed by atoms with Crippen LogP contribution in [0.2, 0.25) is 0 Å². The van der Waals surface area contributed by atoms with Crippen LogP contribution in [0.3, 0.4) is 0 Å². The summed E-state index contributed by atoms with van der Waals surface area (Å²) in [5.41, 5.74) is 1.80. The number of ether oxygens (including phenoxy) is 1. The largest absolute Gasteiger partial charge is 0.379 e. The lowest BCUT2D eigenvalue weighted by molar-refractivity contribution is -0.121. The van der Waals surface area contributed by atoms with Gasteiger partial charge in [-0.1, -0.05) is 23.5 Å². The van der Waals surface area contributed by atoms with Gasteiger partial charge in [0.05, 0.1) is 31.7 Å². The molecule has 140 valence electrons. The number of rotatable bonds is 5. The van der Waals surface area contributed by atoms with Crippen molar-refractivity contribution < 1.29 is 9.53 Å². The molecule has 0 N–H and O–H groups in total. The van der Waals surface area contributed by atoms with E-state index in [1.807, 2.05) is 25.1 Å². The van der Waals surface area contributed by atoms with Crippen molar-refractivity contribution in [2.45, 2.75) is 26.3 Å². The number of hydrogen-bond acceptors (Lipinski definition) is 8. The molecule has 1 saturated heterocycles. The fourth-order valence-electron chi connectivity index (χ4n) is 3.15. The smallest absolute Gasteiger partial charge is 0.154 e. The topological polar surface area (TPSA) is 81.1 Å². The van der Waals surface area contributed by atoms with Crippen molar-refractivity contribution in [3.63, 3.8) is 0 Å². The lowest BCUT2D eigenvalue weighted by Gasteiger charge is -2.32. The predicted molar refractivity (Wildman–Crippen MR) is 104 cm³/mol. The number of hydrogen-bond donors (Lipinski definition) is 0. The zero-order valence-electron chi connectivity index (χ0n) is 15.4. The van der Waals surface area contributed by atoms with Crippen molar-refractivity contribution in [2.75, 3.05) is 26.3 Å². The number of carbonyl (C=O) groups excluding carboxylic acids is 1. The minimum Gasteiger partial charge on any atom is -0.379 e. The van der Waals surface area contributed by atoms with Crippen molar-refractivity contribution in [3.8, 4) is 10.6 Å². The van der Waals surface area contributed by atoms with Crippen molar-refractivity contribution in [2.24, 2.45) is 0 Å². The Kier molecular flexibility index (Phi) is 5.20. The van der Waals surface area contributed by atoms with E-state index in [-0.39, 0.29) is 18.2 Å². The molecule has 0 amide bonds. The molecule has 27 heavy (non-hydrogen) atoms. The highest BCUT2D eigenvalue weighted by molar-refractivity contribution is 7.14. The fraction of sp³-hybridized carbons (Fsp3) is 0.421. The van der Waals surface area contributed by atoms with Crippen LogP contribution in [0.4, 0.5) is 0 Å².